The lowest BCUT2D eigenvalue weighted by Crippen LogP contribution is -2.42. The standard InChI is InChI=1S/C16H26N2O/c1-4-15-12-18(8-9-19-15)16-7-6-13(3)10-14(16)11-17-5-2/h6-7,10,15,17H,4-5,8-9,11-12H2,1-3H3. The van der Waals surface area contributed by atoms with Gasteiger partial charge in [-0.05, 0) is 31.5 Å². The predicted molar refractivity (Wildman–Crippen MR) is 80.8 cm³/mol. The van der Waals surface area contributed by atoms with Gasteiger partial charge in [-0.3, -0.25) is 0 Å². The third-order valence-electron chi connectivity index (χ3n) is 3.74. The molecule has 1 aliphatic rings. The number of anilines is 1. The Morgan fingerprint density at radius 2 is 2.21 bits per heavy atom. The molecule has 0 bridgehead atoms. The molecule has 1 atom stereocenters. The molecule has 3 heteroatoms. The van der Waals surface area contributed by atoms with Crippen molar-refractivity contribution in [3.63, 3.8) is 0 Å². The first-order chi connectivity index (χ1) is 9.24. The predicted octanol–water partition coefficient (Wildman–Crippen LogP) is 2.72. The molecular formula is C16H26N2O. The molecule has 0 aromatic heterocycles. The summed E-state index contributed by atoms with van der Waals surface area (Å²) in [5.74, 6) is 0. The highest BCUT2D eigenvalue weighted by molar-refractivity contribution is 5.55. The smallest absolute Gasteiger partial charge is 0.0748 e. The minimum absolute atomic E-state index is 0.377. The number of benzene rings is 1. The number of rotatable bonds is 5. The minimum atomic E-state index is 0.377. The molecule has 1 aromatic rings. The molecule has 0 saturated carbocycles. The van der Waals surface area contributed by atoms with Gasteiger partial charge in [0.2, 0.25) is 0 Å². The van der Waals surface area contributed by atoms with Crippen molar-refractivity contribution in [3.8, 4) is 0 Å². The maximum absolute atomic E-state index is 5.77. The summed E-state index contributed by atoms with van der Waals surface area (Å²) < 4.78 is 5.77. The number of ether oxygens (including phenoxy) is 1. The normalized spacial score (nSPS) is 19.7. The van der Waals surface area contributed by atoms with Crippen LogP contribution in [0.1, 0.15) is 31.4 Å². The third kappa shape index (κ3) is 3.71. The second-order valence-corrected chi connectivity index (χ2v) is 5.26. The number of aryl methyl sites for hydroxylation is 1. The second kappa shape index (κ2) is 6.92. The second-order valence-electron chi connectivity index (χ2n) is 5.26. The largest absolute Gasteiger partial charge is 0.375 e. The summed E-state index contributed by atoms with van der Waals surface area (Å²) in [7, 11) is 0. The summed E-state index contributed by atoms with van der Waals surface area (Å²) in [6.07, 6.45) is 1.47. The van der Waals surface area contributed by atoms with Crippen LogP contribution >= 0.6 is 0 Å². The van der Waals surface area contributed by atoms with Crippen LogP contribution in [0.15, 0.2) is 18.2 Å². The van der Waals surface area contributed by atoms with Crippen molar-refractivity contribution in [1.82, 2.24) is 5.32 Å². The van der Waals surface area contributed by atoms with Crippen LogP contribution in [-0.4, -0.2) is 32.3 Å². The van der Waals surface area contributed by atoms with E-state index < -0.39 is 0 Å². The molecule has 106 valence electrons. The number of hydrogen-bond donors (Lipinski definition) is 1. The molecule has 19 heavy (non-hydrogen) atoms. The summed E-state index contributed by atoms with van der Waals surface area (Å²) in [6.45, 7) is 11.3. The zero-order valence-electron chi connectivity index (χ0n) is 12.4. The highest BCUT2D eigenvalue weighted by atomic mass is 16.5. The van der Waals surface area contributed by atoms with Crippen LogP contribution in [0.5, 0.6) is 0 Å². The fourth-order valence-corrected chi connectivity index (χ4v) is 2.61. The van der Waals surface area contributed by atoms with Crippen molar-refractivity contribution in [2.45, 2.75) is 39.8 Å². The number of morpholine rings is 1. The highest BCUT2D eigenvalue weighted by Gasteiger charge is 2.20. The molecule has 1 heterocycles. The Labute approximate surface area is 116 Å². The third-order valence-corrected chi connectivity index (χ3v) is 3.74. The summed E-state index contributed by atoms with van der Waals surface area (Å²) in [4.78, 5) is 2.48. The van der Waals surface area contributed by atoms with Gasteiger partial charge in [0.1, 0.15) is 0 Å². The molecule has 0 spiro atoms. The first kappa shape index (κ1) is 14.4. The molecule has 0 amide bonds. The molecule has 2 rings (SSSR count). The van der Waals surface area contributed by atoms with E-state index in [9.17, 15) is 0 Å². The molecule has 0 radical (unpaired) electrons. The molecular weight excluding hydrogens is 236 g/mol. The van der Waals surface area contributed by atoms with Crippen molar-refractivity contribution < 1.29 is 4.74 Å². The Balaban J connectivity index is 2.17. The van der Waals surface area contributed by atoms with Crippen LogP contribution < -0.4 is 10.2 Å². The van der Waals surface area contributed by atoms with Crippen molar-refractivity contribution >= 4 is 5.69 Å². The Kier molecular flexibility index (Phi) is 5.23. The van der Waals surface area contributed by atoms with Gasteiger partial charge in [-0.2, -0.15) is 0 Å². The zero-order chi connectivity index (χ0) is 13.7. The van der Waals surface area contributed by atoms with Crippen molar-refractivity contribution in [2.75, 3.05) is 31.1 Å². The van der Waals surface area contributed by atoms with E-state index in [2.05, 4.69) is 49.2 Å². The topological polar surface area (TPSA) is 24.5 Å². The van der Waals surface area contributed by atoms with Gasteiger partial charge in [0.05, 0.1) is 12.7 Å². The molecule has 3 nitrogen and oxygen atoms in total. The SMILES string of the molecule is CCNCc1cc(C)ccc1N1CCOC(CC)C1. The summed E-state index contributed by atoms with van der Waals surface area (Å²) >= 11 is 0. The highest BCUT2D eigenvalue weighted by Crippen LogP contribution is 2.24. The van der Waals surface area contributed by atoms with Gasteiger partial charge in [-0.25, -0.2) is 0 Å². The van der Waals surface area contributed by atoms with E-state index in [0.717, 1.165) is 39.2 Å². The average Bonchev–Trinajstić information content (AvgIpc) is 2.45. The van der Waals surface area contributed by atoms with Crippen LogP contribution in [0, 0.1) is 6.92 Å². The maximum Gasteiger partial charge on any atom is 0.0748 e. The van der Waals surface area contributed by atoms with E-state index >= 15 is 0 Å². The molecule has 1 N–H and O–H groups in total. The number of nitrogens with one attached hydrogen (secondary N) is 1. The van der Waals surface area contributed by atoms with Gasteiger partial charge in [-0.15, -0.1) is 0 Å². The van der Waals surface area contributed by atoms with Gasteiger partial charge >= 0.3 is 0 Å². The molecule has 1 aromatic carbocycles. The van der Waals surface area contributed by atoms with E-state index in [0.29, 0.717) is 6.10 Å². The summed E-state index contributed by atoms with van der Waals surface area (Å²) in [6, 6.07) is 6.77. The molecule has 1 unspecified atom stereocenters. The number of hydrogen-bond acceptors (Lipinski definition) is 3. The number of nitrogens with zero attached hydrogens (tertiary/aromatic N) is 1. The summed E-state index contributed by atoms with van der Waals surface area (Å²) in [5, 5.41) is 3.44. The van der Waals surface area contributed by atoms with E-state index in [1.807, 2.05) is 0 Å². The van der Waals surface area contributed by atoms with E-state index in [1.54, 1.807) is 0 Å². The Morgan fingerprint density at radius 3 is 2.95 bits per heavy atom. The zero-order valence-corrected chi connectivity index (χ0v) is 12.4. The molecule has 1 fully saturated rings. The Bertz CT molecular complexity index is 406. The molecule has 1 aliphatic heterocycles. The lowest BCUT2D eigenvalue weighted by atomic mass is 10.1. The maximum atomic E-state index is 5.77. The van der Waals surface area contributed by atoms with Gasteiger partial charge in [0.25, 0.3) is 0 Å². The van der Waals surface area contributed by atoms with E-state index in [-0.39, 0.29) is 0 Å². The first-order valence-corrected chi connectivity index (χ1v) is 7.41. The quantitative estimate of drug-likeness (QED) is 0.883. The van der Waals surface area contributed by atoms with Crippen LogP contribution in [0.2, 0.25) is 0 Å². The van der Waals surface area contributed by atoms with Crippen molar-refractivity contribution in [3.05, 3.63) is 29.3 Å². The monoisotopic (exact) mass is 262 g/mol. The fourth-order valence-electron chi connectivity index (χ4n) is 2.61. The van der Waals surface area contributed by atoms with Crippen LogP contribution in [0.25, 0.3) is 0 Å². The van der Waals surface area contributed by atoms with Crippen molar-refractivity contribution in [2.24, 2.45) is 0 Å². The first-order valence-electron chi connectivity index (χ1n) is 7.41. The van der Waals surface area contributed by atoms with Crippen LogP contribution in [-0.2, 0) is 11.3 Å². The lowest BCUT2D eigenvalue weighted by Gasteiger charge is -2.35. The van der Waals surface area contributed by atoms with Crippen LogP contribution in [0.4, 0.5) is 5.69 Å². The van der Waals surface area contributed by atoms with E-state index in [1.165, 1.54) is 16.8 Å². The Morgan fingerprint density at radius 1 is 1.37 bits per heavy atom. The lowest BCUT2D eigenvalue weighted by molar-refractivity contribution is 0.0384. The van der Waals surface area contributed by atoms with Gasteiger partial charge in [0, 0.05) is 25.3 Å². The van der Waals surface area contributed by atoms with Crippen molar-refractivity contribution in [1.29, 1.82) is 0 Å². The van der Waals surface area contributed by atoms with Gasteiger partial charge < -0.3 is 15.0 Å². The van der Waals surface area contributed by atoms with Gasteiger partial charge in [-0.1, -0.05) is 31.5 Å². The average molecular weight is 262 g/mol. The minimum Gasteiger partial charge on any atom is -0.375 e. The Hall–Kier alpha value is -1.06. The van der Waals surface area contributed by atoms with Crippen LogP contribution in [0.3, 0.4) is 0 Å². The molecule has 1 saturated heterocycles. The molecule has 0 aliphatic carbocycles. The van der Waals surface area contributed by atoms with E-state index in [4.69, 9.17) is 4.74 Å². The van der Waals surface area contributed by atoms with Gasteiger partial charge in [0.15, 0.2) is 0 Å². The summed E-state index contributed by atoms with van der Waals surface area (Å²) in [5.41, 5.74) is 4.10. The fraction of sp³-hybridized carbons (Fsp3) is 0.625.